The van der Waals surface area contributed by atoms with Crippen LogP contribution < -0.4 is 4.90 Å². The van der Waals surface area contributed by atoms with E-state index in [-0.39, 0.29) is 12.2 Å². The molecule has 2 rings (SSSR count). The molecular formula is C9H6F2NO2. The van der Waals surface area contributed by atoms with Gasteiger partial charge in [-0.05, 0) is 12.1 Å². The van der Waals surface area contributed by atoms with Crippen LogP contribution in [0, 0.1) is 18.2 Å². The number of rotatable bonds is 1. The van der Waals surface area contributed by atoms with E-state index in [1.54, 1.807) is 0 Å². The maximum atomic E-state index is 12.8. The zero-order chi connectivity index (χ0) is 10.1. The van der Waals surface area contributed by atoms with Gasteiger partial charge in [0.1, 0.15) is 11.6 Å². The summed E-state index contributed by atoms with van der Waals surface area (Å²) < 4.78 is 30.1. The molecule has 0 saturated carbocycles. The van der Waals surface area contributed by atoms with Gasteiger partial charge in [0, 0.05) is 6.07 Å². The first-order chi connectivity index (χ1) is 6.66. The van der Waals surface area contributed by atoms with Crippen molar-refractivity contribution < 1.29 is 18.3 Å². The third-order valence-electron chi connectivity index (χ3n) is 1.82. The maximum Gasteiger partial charge on any atom is 0.414 e. The smallest absolute Gasteiger partial charge is 0.414 e. The molecule has 0 atom stereocenters. The molecule has 1 amide bonds. The Morgan fingerprint density at radius 1 is 1.21 bits per heavy atom. The van der Waals surface area contributed by atoms with E-state index in [9.17, 15) is 13.6 Å². The molecule has 1 aromatic rings. The third-order valence-corrected chi connectivity index (χ3v) is 1.82. The highest BCUT2D eigenvalue weighted by Gasteiger charge is 2.24. The largest absolute Gasteiger partial charge is 0.440 e. The highest BCUT2D eigenvalue weighted by molar-refractivity contribution is 5.89. The minimum Gasteiger partial charge on any atom is -0.440 e. The average molecular weight is 198 g/mol. The lowest BCUT2D eigenvalue weighted by Crippen LogP contribution is -2.23. The van der Waals surface area contributed by atoms with E-state index in [1.807, 2.05) is 0 Å². The fraction of sp³-hybridized carbons (Fsp3) is 0.111. The van der Waals surface area contributed by atoms with Crippen molar-refractivity contribution >= 4 is 11.8 Å². The van der Waals surface area contributed by atoms with Crippen molar-refractivity contribution in [1.29, 1.82) is 0 Å². The van der Waals surface area contributed by atoms with Crippen LogP contribution in [0.2, 0.25) is 0 Å². The van der Waals surface area contributed by atoms with E-state index in [0.717, 1.165) is 23.1 Å². The summed E-state index contributed by atoms with van der Waals surface area (Å²) in [4.78, 5) is 12.2. The van der Waals surface area contributed by atoms with E-state index in [4.69, 9.17) is 0 Å². The van der Waals surface area contributed by atoms with Gasteiger partial charge in [0.15, 0.2) is 6.61 Å². The molecule has 1 aliphatic rings. The van der Waals surface area contributed by atoms with Crippen LogP contribution in [0.4, 0.5) is 19.3 Å². The predicted molar refractivity (Wildman–Crippen MR) is 44.5 cm³/mol. The standard InChI is InChI=1S/C9H6F2NO2/c10-6-3-7(11)5-8(4-6)12-1-2-14-9(12)13/h2-5H,1H2. The minimum absolute atomic E-state index is 0.154. The van der Waals surface area contributed by atoms with Crippen molar-refractivity contribution in [3.05, 3.63) is 36.4 Å². The molecule has 5 heteroatoms. The number of amides is 1. The molecule has 1 aromatic carbocycles. The Balaban J connectivity index is 2.35. The quantitative estimate of drug-likeness (QED) is 0.691. The molecule has 73 valence electrons. The van der Waals surface area contributed by atoms with E-state index in [1.165, 1.54) is 6.61 Å². The van der Waals surface area contributed by atoms with Gasteiger partial charge in [-0.1, -0.05) is 0 Å². The van der Waals surface area contributed by atoms with Crippen LogP contribution in [0.25, 0.3) is 0 Å². The van der Waals surface area contributed by atoms with Crippen molar-refractivity contribution in [3.8, 4) is 0 Å². The van der Waals surface area contributed by atoms with Gasteiger partial charge in [-0.25, -0.2) is 13.6 Å². The number of benzene rings is 1. The number of ether oxygens (including phenoxy) is 1. The summed E-state index contributed by atoms with van der Waals surface area (Å²) in [6.07, 6.45) is -0.630. The number of cyclic esters (lactones) is 1. The molecule has 0 unspecified atom stereocenters. The van der Waals surface area contributed by atoms with Crippen LogP contribution in [-0.2, 0) is 4.74 Å². The van der Waals surface area contributed by atoms with Gasteiger partial charge in [0.2, 0.25) is 0 Å². The zero-order valence-corrected chi connectivity index (χ0v) is 7.04. The highest BCUT2D eigenvalue weighted by Crippen LogP contribution is 2.22. The summed E-state index contributed by atoms with van der Waals surface area (Å²) >= 11 is 0. The molecule has 1 saturated heterocycles. The van der Waals surface area contributed by atoms with E-state index >= 15 is 0 Å². The maximum absolute atomic E-state index is 12.8. The molecule has 0 aliphatic carbocycles. The molecule has 0 bridgehead atoms. The van der Waals surface area contributed by atoms with Crippen molar-refractivity contribution in [1.82, 2.24) is 0 Å². The number of carbonyl (C=O) groups excluding carboxylic acids is 1. The summed E-state index contributed by atoms with van der Waals surface area (Å²) in [6.45, 7) is 1.47. The first-order valence-corrected chi connectivity index (χ1v) is 3.93. The second kappa shape index (κ2) is 3.25. The average Bonchev–Trinajstić information content (AvgIpc) is 2.49. The van der Waals surface area contributed by atoms with Gasteiger partial charge in [-0.15, -0.1) is 0 Å². The van der Waals surface area contributed by atoms with Gasteiger partial charge < -0.3 is 4.74 Å². The number of carbonyl (C=O) groups is 1. The monoisotopic (exact) mass is 198 g/mol. The third kappa shape index (κ3) is 1.53. The number of hydrogen-bond donors (Lipinski definition) is 0. The molecule has 0 N–H and O–H groups in total. The van der Waals surface area contributed by atoms with Crippen molar-refractivity contribution in [2.75, 3.05) is 11.4 Å². The molecule has 3 nitrogen and oxygen atoms in total. The topological polar surface area (TPSA) is 29.5 Å². The van der Waals surface area contributed by atoms with Crippen LogP contribution in [0.5, 0.6) is 0 Å². The summed E-state index contributed by atoms with van der Waals surface area (Å²) in [7, 11) is 0. The fourth-order valence-electron chi connectivity index (χ4n) is 1.23. The number of nitrogens with zero attached hydrogens (tertiary/aromatic N) is 1. The summed E-state index contributed by atoms with van der Waals surface area (Å²) in [5.41, 5.74) is 0.154. The lowest BCUT2D eigenvalue weighted by atomic mass is 10.3. The highest BCUT2D eigenvalue weighted by atomic mass is 19.1. The second-order valence-corrected chi connectivity index (χ2v) is 2.79. The lowest BCUT2D eigenvalue weighted by Gasteiger charge is -2.12. The molecule has 1 fully saturated rings. The van der Waals surface area contributed by atoms with Gasteiger partial charge in [0.25, 0.3) is 0 Å². The van der Waals surface area contributed by atoms with Gasteiger partial charge >= 0.3 is 6.09 Å². The van der Waals surface area contributed by atoms with Crippen LogP contribution in [-0.4, -0.2) is 12.6 Å². The molecule has 14 heavy (non-hydrogen) atoms. The summed E-state index contributed by atoms with van der Waals surface area (Å²) in [5, 5.41) is 0. The molecule has 1 aliphatic heterocycles. The second-order valence-electron chi connectivity index (χ2n) is 2.79. The Labute approximate surface area is 78.9 Å². The Morgan fingerprint density at radius 2 is 1.86 bits per heavy atom. The normalized spacial score (nSPS) is 15.9. The SMILES string of the molecule is O=C1O[CH]CN1c1cc(F)cc(F)c1. The molecule has 0 aromatic heterocycles. The van der Waals surface area contributed by atoms with Crippen molar-refractivity contribution in [2.24, 2.45) is 0 Å². The van der Waals surface area contributed by atoms with E-state index < -0.39 is 17.7 Å². The summed E-state index contributed by atoms with van der Waals surface area (Å²) in [5.74, 6) is -1.44. The number of halogens is 2. The van der Waals surface area contributed by atoms with Crippen molar-refractivity contribution in [2.45, 2.75) is 0 Å². The van der Waals surface area contributed by atoms with Gasteiger partial charge in [-0.3, -0.25) is 4.90 Å². The lowest BCUT2D eigenvalue weighted by molar-refractivity contribution is 0.196. The summed E-state index contributed by atoms with van der Waals surface area (Å²) in [6, 6.07) is 2.89. The Bertz CT molecular complexity index is 361. The Morgan fingerprint density at radius 3 is 2.36 bits per heavy atom. The van der Waals surface area contributed by atoms with Crippen LogP contribution in [0.15, 0.2) is 18.2 Å². The van der Waals surface area contributed by atoms with Gasteiger partial charge in [-0.2, -0.15) is 0 Å². The predicted octanol–water partition coefficient (Wildman–Crippen LogP) is 2.08. The number of anilines is 1. The van der Waals surface area contributed by atoms with Crippen molar-refractivity contribution in [3.63, 3.8) is 0 Å². The molecular weight excluding hydrogens is 192 g/mol. The van der Waals surface area contributed by atoms with Gasteiger partial charge in [0.05, 0.1) is 12.2 Å². The Kier molecular flexibility index (Phi) is 2.07. The van der Waals surface area contributed by atoms with Crippen LogP contribution in [0.3, 0.4) is 0 Å². The first-order valence-electron chi connectivity index (χ1n) is 3.93. The zero-order valence-electron chi connectivity index (χ0n) is 7.04. The van der Waals surface area contributed by atoms with Crippen LogP contribution >= 0.6 is 0 Å². The molecule has 1 radical (unpaired) electrons. The minimum atomic E-state index is -0.722. The van der Waals surface area contributed by atoms with E-state index in [2.05, 4.69) is 4.74 Å². The Hall–Kier alpha value is -1.65. The molecule has 0 spiro atoms. The molecule has 1 heterocycles. The first kappa shape index (κ1) is 8.93. The van der Waals surface area contributed by atoms with E-state index in [0.29, 0.717) is 0 Å². The number of hydrogen-bond acceptors (Lipinski definition) is 2. The fourth-order valence-corrected chi connectivity index (χ4v) is 1.23. The van der Waals surface area contributed by atoms with Crippen LogP contribution in [0.1, 0.15) is 0 Å².